The molecule has 3 rings (SSSR count). The van der Waals surface area contributed by atoms with E-state index in [1.807, 2.05) is 48.0 Å². The second-order valence-electron chi connectivity index (χ2n) is 10.5. The van der Waals surface area contributed by atoms with E-state index >= 15 is 0 Å². The molecule has 1 N–H and O–H groups in total. The van der Waals surface area contributed by atoms with Gasteiger partial charge in [-0.1, -0.05) is 89.0 Å². The van der Waals surface area contributed by atoms with Crippen LogP contribution >= 0.6 is 19.6 Å². The Kier molecular flexibility index (Phi) is 16.3. The maximum Gasteiger partial charge on any atom is 0.527 e. The van der Waals surface area contributed by atoms with Gasteiger partial charge in [0.15, 0.2) is 0 Å². The minimum Gasteiger partial charge on any atom is -0.493 e. The molecule has 2 atom stereocenters. The monoisotopic (exact) mass is 621 g/mol. The highest BCUT2D eigenvalue weighted by Gasteiger charge is 2.27. The third-order valence-corrected chi connectivity index (χ3v) is 8.63. The van der Waals surface area contributed by atoms with Crippen LogP contribution in [0.1, 0.15) is 76.7 Å². The van der Waals surface area contributed by atoms with Gasteiger partial charge < -0.3 is 23.6 Å². The minimum atomic E-state index is -4.39. The Labute approximate surface area is 256 Å². The summed E-state index contributed by atoms with van der Waals surface area (Å²) < 4.78 is 40.6. The molecule has 2 unspecified atom stereocenters. The predicted octanol–water partition coefficient (Wildman–Crippen LogP) is 8.55. The zero-order chi connectivity index (χ0) is 29.9. The van der Waals surface area contributed by atoms with Crippen LogP contribution in [0.15, 0.2) is 60.1 Å². The normalized spacial score (nSPS) is 15.0. The van der Waals surface area contributed by atoms with Gasteiger partial charge in [-0.15, -0.1) is 11.8 Å². The molecule has 42 heavy (non-hydrogen) atoms. The number of phosphoric acid groups is 1. The van der Waals surface area contributed by atoms with Crippen molar-refractivity contribution in [3.05, 3.63) is 65.7 Å². The lowest BCUT2D eigenvalue weighted by molar-refractivity contribution is 0.0160. The van der Waals surface area contributed by atoms with E-state index in [4.69, 9.17) is 23.3 Å². The average Bonchev–Trinajstić information content (AvgIpc) is 3.50. The third kappa shape index (κ3) is 13.9. The molecule has 0 saturated carbocycles. The molecule has 0 fully saturated rings. The first kappa shape index (κ1) is 34.3. The fourth-order valence-corrected chi connectivity index (χ4v) is 6.03. The van der Waals surface area contributed by atoms with Crippen molar-refractivity contribution in [2.24, 2.45) is 0 Å². The molecule has 0 aromatic heterocycles. The minimum absolute atomic E-state index is 0.133. The van der Waals surface area contributed by atoms with Crippen molar-refractivity contribution in [2.45, 2.75) is 83.8 Å². The Bertz CT molecular complexity index is 1100. The van der Waals surface area contributed by atoms with Crippen LogP contribution < -0.4 is 14.0 Å². The molecule has 234 valence electrons. The fraction of sp³-hybridized carbons (Fsp3) is 0.562. The molecule has 2 aromatic carbocycles. The molecule has 0 spiro atoms. The van der Waals surface area contributed by atoms with E-state index in [9.17, 15) is 9.46 Å². The van der Waals surface area contributed by atoms with E-state index in [0.29, 0.717) is 24.7 Å². The average molecular weight is 622 g/mol. The van der Waals surface area contributed by atoms with Crippen LogP contribution in [0.25, 0.3) is 0 Å². The van der Waals surface area contributed by atoms with Crippen molar-refractivity contribution < 1.29 is 32.7 Å². The first-order valence-electron chi connectivity index (χ1n) is 15.1. The molecule has 0 saturated heterocycles. The number of rotatable bonds is 23. The van der Waals surface area contributed by atoms with Gasteiger partial charge in [-0.3, -0.25) is 9.42 Å². The lowest BCUT2D eigenvalue weighted by atomic mass is 10.1. The number of methoxy groups -OCH3 is 1. The smallest absolute Gasteiger partial charge is 0.493 e. The number of benzene rings is 2. The number of ether oxygens (including phenoxy) is 3. The summed E-state index contributed by atoms with van der Waals surface area (Å²) in [5.74, 6) is 2.52. The molecule has 1 heterocycles. The number of para-hydroxylation sites is 1. The quantitative estimate of drug-likeness (QED) is 0.0969. The molecular weight excluding hydrogens is 573 g/mol. The van der Waals surface area contributed by atoms with Gasteiger partial charge in [0.1, 0.15) is 30.0 Å². The Morgan fingerprint density at radius 3 is 2.29 bits per heavy atom. The van der Waals surface area contributed by atoms with Gasteiger partial charge in [0, 0.05) is 31.5 Å². The van der Waals surface area contributed by atoms with Gasteiger partial charge in [0.05, 0.1) is 19.1 Å². The standard InChI is InChI=1S/C32H48NO7PS/c1-3-4-5-6-7-8-9-10-11-14-21-37-29-17-15-18-30(23-29)38-25-31(36-2)26-39-41(34,35)40-32-19-13-12-16-28(32)24-33-20-22-42-27-33/h12-13,15-20,22-23,31H,3-11,14,21,24-27H2,1-2H3,(H,34,35). The molecule has 2 aromatic rings. The number of phosphoric ester groups is 1. The second kappa shape index (κ2) is 19.9. The lowest BCUT2D eigenvalue weighted by Crippen LogP contribution is -2.26. The molecule has 10 heteroatoms. The molecule has 8 nitrogen and oxygen atoms in total. The number of nitrogens with zero attached hydrogens (tertiary/aromatic N) is 1. The highest BCUT2D eigenvalue weighted by Crippen LogP contribution is 2.45. The molecule has 0 radical (unpaired) electrons. The Morgan fingerprint density at radius 2 is 1.60 bits per heavy atom. The van der Waals surface area contributed by atoms with Crippen molar-refractivity contribution >= 4 is 19.6 Å². The Hall–Kier alpha value is -2.16. The first-order valence-corrected chi connectivity index (χ1v) is 17.7. The Morgan fingerprint density at radius 1 is 0.905 bits per heavy atom. The van der Waals surface area contributed by atoms with Crippen LogP contribution in [0.2, 0.25) is 0 Å². The first-order chi connectivity index (χ1) is 20.5. The molecule has 0 bridgehead atoms. The van der Waals surface area contributed by atoms with Crippen molar-refractivity contribution in [3.8, 4) is 17.2 Å². The maximum atomic E-state index is 12.7. The number of unbranched alkanes of at least 4 members (excludes halogenated alkanes) is 9. The molecule has 1 aliphatic heterocycles. The zero-order valence-corrected chi connectivity index (χ0v) is 26.9. The highest BCUT2D eigenvalue weighted by atomic mass is 32.2. The second-order valence-corrected chi connectivity index (χ2v) is 12.7. The highest BCUT2D eigenvalue weighted by molar-refractivity contribution is 8.02. The summed E-state index contributed by atoms with van der Waals surface area (Å²) >= 11 is 1.69. The number of hydrogen-bond acceptors (Lipinski definition) is 8. The summed E-state index contributed by atoms with van der Waals surface area (Å²) in [6.07, 6.45) is 14.3. The molecular formula is C32H48NO7PS. The number of hydrogen-bond donors (Lipinski definition) is 1. The molecule has 0 aliphatic carbocycles. The summed E-state index contributed by atoms with van der Waals surface area (Å²) in [6, 6.07) is 14.6. The van der Waals surface area contributed by atoms with Crippen LogP contribution in [0.3, 0.4) is 0 Å². The lowest BCUT2D eigenvalue weighted by Gasteiger charge is -2.21. The van der Waals surface area contributed by atoms with Crippen molar-refractivity contribution in [3.63, 3.8) is 0 Å². The predicted molar refractivity (Wildman–Crippen MR) is 170 cm³/mol. The molecule has 1 aliphatic rings. The zero-order valence-electron chi connectivity index (χ0n) is 25.2. The van der Waals surface area contributed by atoms with E-state index in [0.717, 1.165) is 23.6 Å². The maximum absolute atomic E-state index is 12.7. The van der Waals surface area contributed by atoms with E-state index < -0.39 is 13.9 Å². The third-order valence-electron chi connectivity index (χ3n) is 6.93. The van der Waals surface area contributed by atoms with E-state index in [2.05, 4.69) is 11.8 Å². The summed E-state index contributed by atoms with van der Waals surface area (Å²) in [6.45, 7) is 3.46. The number of thioether (sulfide) groups is 1. The van der Waals surface area contributed by atoms with E-state index in [1.54, 1.807) is 23.9 Å². The summed E-state index contributed by atoms with van der Waals surface area (Å²) in [4.78, 5) is 12.5. The van der Waals surface area contributed by atoms with Crippen LogP contribution in [0.5, 0.6) is 17.2 Å². The van der Waals surface area contributed by atoms with Gasteiger partial charge in [0.25, 0.3) is 0 Å². The van der Waals surface area contributed by atoms with Crippen LogP contribution in [0, 0.1) is 0 Å². The van der Waals surface area contributed by atoms with Crippen molar-refractivity contribution in [2.75, 3.05) is 32.8 Å². The van der Waals surface area contributed by atoms with Gasteiger partial charge in [-0.05, 0) is 30.0 Å². The fourth-order valence-electron chi connectivity index (χ4n) is 4.49. The van der Waals surface area contributed by atoms with E-state index in [1.165, 1.54) is 64.9 Å². The van der Waals surface area contributed by atoms with Crippen molar-refractivity contribution in [1.29, 1.82) is 0 Å². The SMILES string of the molecule is CCCCCCCCCCCCOc1cccc(OCC(COP(=O)(O)Oc2ccccc2CN2C=CSC2)OC)c1. The van der Waals surface area contributed by atoms with Gasteiger partial charge in [-0.25, -0.2) is 4.57 Å². The van der Waals surface area contributed by atoms with Crippen LogP contribution in [-0.2, 0) is 20.4 Å². The summed E-state index contributed by atoms with van der Waals surface area (Å²) in [5.41, 5.74) is 0.796. The Balaban J connectivity index is 1.34. The summed E-state index contributed by atoms with van der Waals surface area (Å²) in [7, 11) is -2.88. The van der Waals surface area contributed by atoms with Crippen molar-refractivity contribution in [1.82, 2.24) is 4.90 Å². The molecule has 0 amide bonds. The van der Waals surface area contributed by atoms with Gasteiger partial charge in [0.2, 0.25) is 0 Å². The topological polar surface area (TPSA) is 86.7 Å². The van der Waals surface area contributed by atoms with Crippen LogP contribution in [-0.4, -0.2) is 48.7 Å². The van der Waals surface area contributed by atoms with Crippen LogP contribution in [0.4, 0.5) is 0 Å². The largest absolute Gasteiger partial charge is 0.527 e. The van der Waals surface area contributed by atoms with E-state index in [-0.39, 0.29) is 13.2 Å². The van der Waals surface area contributed by atoms with Gasteiger partial charge >= 0.3 is 7.82 Å². The summed E-state index contributed by atoms with van der Waals surface area (Å²) in [5, 5.41) is 2.01. The van der Waals surface area contributed by atoms with Gasteiger partial charge in [-0.2, -0.15) is 0 Å².